The third kappa shape index (κ3) is 3.62. The molecular weight excluding hydrogens is 330 g/mol. The highest BCUT2D eigenvalue weighted by Crippen LogP contribution is 2.27. The van der Waals surface area contributed by atoms with Crippen molar-refractivity contribution < 1.29 is 13.9 Å². The van der Waals surface area contributed by atoms with Crippen LogP contribution in [0.3, 0.4) is 0 Å². The first-order valence-corrected chi connectivity index (χ1v) is 8.20. The zero-order valence-corrected chi connectivity index (χ0v) is 14.7. The standard InChI is InChI=1S/C20H19N3O3/c1-14-15(2)23(12-17-9-6-10-25-17)20(18(14)11-21)22-19(24)13-26-16-7-4-3-5-8-16/h3-10H,12-13H2,1-2H3,(H,22,24). The molecule has 6 heteroatoms. The fourth-order valence-electron chi connectivity index (χ4n) is 2.72. The second kappa shape index (κ2) is 7.62. The van der Waals surface area contributed by atoms with Gasteiger partial charge in [-0.3, -0.25) is 4.79 Å². The molecule has 0 aliphatic heterocycles. The number of hydrogen-bond donors (Lipinski definition) is 1. The molecule has 26 heavy (non-hydrogen) atoms. The Labute approximate surface area is 151 Å². The van der Waals surface area contributed by atoms with Crippen LogP contribution in [0, 0.1) is 25.2 Å². The first-order valence-electron chi connectivity index (χ1n) is 8.20. The van der Waals surface area contributed by atoms with Gasteiger partial charge in [0, 0.05) is 5.69 Å². The quantitative estimate of drug-likeness (QED) is 0.737. The van der Waals surface area contributed by atoms with E-state index in [-0.39, 0.29) is 12.5 Å². The number of nitriles is 1. The van der Waals surface area contributed by atoms with Crippen LogP contribution in [0.5, 0.6) is 5.75 Å². The number of carbonyl (C=O) groups is 1. The summed E-state index contributed by atoms with van der Waals surface area (Å²) < 4.78 is 12.7. The van der Waals surface area contributed by atoms with E-state index in [0.29, 0.717) is 23.7 Å². The molecule has 2 aromatic heterocycles. The summed E-state index contributed by atoms with van der Waals surface area (Å²) in [5, 5.41) is 12.3. The average Bonchev–Trinajstić information content (AvgIpc) is 3.24. The van der Waals surface area contributed by atoms with E-state index in [1.807, 2.05) is 42.7 Å². The summed E-state index contributed by atoms with van der Waals surface area (Å²) in [5.74, 6) is 1.48. The lowest BCUT2D eigenvalue weighted by atomic mass is 10.2. The van der Waals surface area contributed by atoms with E-state index in [4.69, 9.17) is 9.15 Å². The van der Waals surface area contributed by atoms with Crippen LogP contribution in [-0.4, -0.2) is 17.1 Å². The van der Waals surface area contributed by atoms with Gasteiger partial charge in [-0.25, -0.2) is 0 Å². The zero-order valence-electron chi connectivity index (χ0n) is 14.7. The number of furan rings is 1. The number of para-hydroxylation sites is 1. The first kappa shape index (κ1) is 17.4. The molecule has 0 unspecified atom stereocenters. The molecule has 2 heterocycles. The number of aromatic nitrogens is 1. The molecule has 6 nitrogen and oxygen atoms in total. The zero-order chi connectivity index (χ0) is 18.5. The van der Waals surface area contributed by atoms with Crippen molar-refractivity contribution >= 4 is 11.7 Å². The summed E-state index contributed by atoms with van der Waals surface area (Å²) in [6.07, 6.45) is 1.60. The van der Waals surface area contributed by atoms with Crippen molar-refractivity contribution in [3.63, 3.8) is 0 Å². The molecule has 0 spiro atoms. The van der Waals surface area contributed by atoms with E-state index < -0.39 is 0 Å². The molecule has 3 rings (SSSR count). The van der Waals surface area contributed by atoms with Gasteiger partial charge in [0.1, 0.15) is 23.4 Å². The van der Waals surface area contributed by atoms with E-state index in [0.717, 1.165) is 17.0 Å². The Morgan fingerprint density at radius 3 is 2.65 bits per heavy atom. The second-order valence-electron chi connectivity index (χ2n) is 5.86. The van der Waals surface area contributed by atoms with E-state index in [2.05, 4.69) is 11.4 Å². The minimum Gasteiger partial charge on any atom is -0.484 e. The Kier molecular flexibility index (Phi) is 5.09. The molecule has 132 valence electrons. The number of nitrogens with zero attached hydrogens (tertiary/aromatic N) is 2. The number of carbonyl (C=O) groups excluding carboxylic acids is 1. The van der Waals surface area contributed by atoms with Gasteiger partial charge in [-0.1, -0.05) is 18.2 Å². The summed E-state index contributed by atoms with van der Waals surface area (Å²) in [6.45, 7) is 4.06. The van der Waals surface area contributed by atoms with Crippen LogP contribution in [0.1, 0.15) is 22.6 Å². The van der Waals surface area contributed by atoms with Crippen molar-refractivity contribution in [1.82, 2.24) is 4.57 Å². The van der Waals surface area contributed by atoms with Crippen LogP contribution >= 0.6 is 0 Å². The van der Waals surface area contributed by atoms with E-state index >= 15 is 0 Å². The van der Waals surface area contributed by atoms with Crippen molar-refractivity contribution in [3.05, 3.63) is 71.3 Å². The average molecular weight is 349 g/mol. The van der Waals surface area contributed by atoms with Crippen molar-refractivity contribution in [2.24, 2.45) is 0 Å². The smallest absolute Gasteiger partial charge is 0.263 e. The third-order valence-corrected chi connectivity index (χ3v) is 4.21. The molecule has 0 fully saturated rings. The van der Waals surface area contributed by atoms with Crippen molar-refractivity contribution in [2.45, 2.75) is 20.4 Å². The molecule has 1 aromatic carbocycles. The number of anilines is 1. The second-order valence-corrected chi connectivity index (χ2v) is 5.86. The maximum Gasteiger partial charge on any atom is 0.263 e. The number of nitrogens with one attached hydrogen (secondary N) is 1. The van der Waals surface area contributed by atoms with Gasteiger partial charge in [0.25, 0.3) is 5.91 Å². The molecule has 0 aliphatic carbocycles. The van der Waals surface area contributed by atoms with Gasteiger partial charge in [-0.15, -0.1) is 0 Å². The number of amides is 1. The highest BCUT2D eigenvalue weighted by atomic mass is 16.5. The first-order chi connectivity index (χ1) is 12.6. The number of hydrogen-bond acceptors (Lipinski definition) is 4. The number of rotatable bonds is 6. The van der Waals surface area contributed by atoms with Gasteiger partial charge < -0.3 is 19.0 Å². The van der Waals surface area contributed by atoms with Crippen LogP contribution in [0.2, 0.25) is 0 Å². The van der Waals surface area contributed by atoms with Crippen LogP contribution in [0.4, 0.5) is 5.82 Å². The van der Waals surface area contributed by atoms with Crippen LogP contribution in [0.25, 0.3) is 0 Å². The lowest BCUT2D eigenvalue weighted by Crippen LogP contribution is -2.22. The molecule has 0 bridgehead atoms. The van der Waals surface area contributed by atoms with Crippen LogP contribution in [-0.2, 0) is 11.3 Å². The van der Waals surface area contributed by atoms with E-state index in [1.165, 1.54) is 0 Å². The van der Waals surface area contributed by atoms with E-state index in [9.17, 15) is 10.1 Å². The number of ether oxygens (including phenoxy) is 1. The summed E-state index contributed by atoms with van der Waals surface area (Å²) in [4.78, 5) is 12.3. The third-order valence-electron chi connectivity index (χ3n) is 4.21. The molecule has 0 saturated carbocycles. The van der Waals surface area contributed by atoms with Crippen molar-refractivity contribution in [2.75, 3.05) is 11.9 Å². The fraction of sp³-hybridized carbons (Fsp3) is 0.200. The minimum absolute atomic E-state index is 0.140. The van der Waals surface area contributed by atoms with Gasteiger partial charge in [-0.2, -0.15) is 5.26 Å². The summed E-state index contributed by atoms with van der Waals surface area (Å²) in [6, 6.07) is 14.9. The van der Waals surface area contributed by atoms with Crippen molar-refractivity contribution in [3.8, 4) is 11.8 Å². The Morgan fingerprint density at radius 2 is 2.00 bits per heavy atom. The summed E-state index contributed by atoms with van der Waals surface area (Å²) in [7, 11) is 0. The summed E-state index contributed by atoms with van der Waals surface area (Å²) >= 11 is 0. The van der Waals surface area contributed by atoms with Gasteiger partial charge in [0.05, 0.1) is 18.4 Å². The van der Waals surface area contributed by atoms with Gasteiger partial charge in [0.2, 0.25) is 0 Å². The topological polar surface area (TPSA) is 80.2 Å². The van der Waals surface area contributed by atoms with Crippen LogP contribution < -0.4 is 10.1 Å². The fourth-order valence-corrected chi connectivity index (χ4v) is 2.72. The highest BCUT2D eigenvalue weighted by molar-refractivity contribution is 5.93. The Hall–Kier alpha value is -3.46. The van der Waals surface area contributed by atoms with Gasteiger partial charge in [-0.05, 0) is 43.7 Å². The Balaban J connectivity index is 1.80. The predicted octanol–water partition coefficient (Wildman–Crippen LogP) is 3.64. The monoisotopic (exact) mass is 349 g/mol. The summed E-state index contributed by atoms with van der Waals surface area (Å²) in [5.41, 5.74) is 2.18. The maximum absolute atomic E-state index is 12.3. The maximum atomic E-state index is 12.3. The lowest BCUT2D eigenvalue weighted by Gasteiger charge is -2.12. The van der Waals surface area contributed by atoms with Crippen molar-refractivity contribution in [1.29, 1.82) is 5.26 Å². The normalized spacial score (nSPS) is 10.3. The van der Waals surface area contributed by atoms with Gasteiger partial charge >= 0.3 is 0 Å². The molecule has 0 atom stereocenters. The van der Waals surface area contributed by atoms with E-state index in [1.54, 1.807) is 24.5 Å². The molecule has 1 N–H and O–H groups in total. The predicted molar refractivity (Wildman–Crippen MR) is 97.0 cm³/mol. The number of benzene rings is 1. The molecule has 1 amide bonds. The molecular formula is C20H19N3O3. The molecule has 0 aliphatic rings. The minimum atomic E-state index is -0.330. The Bertz CT molecular complexity index is 935. The highest BCUT2D eigenvalue weighted by Gasteiger charge is 2.20. The molecule has 3 aromatic rings. The lowest BCUT2D eigenvalue weighted by molar-refractivity contribution is -0.118. The molecule has 0 radical (unpaired) electrons. The largest absolute Gasteiger partial charge is 0.484 e. The molecule has 0 saturated heterocycles. The Morgan fingerprint density at radius 1 is 1.23 bits per heavy atom. The van der Waals surface area contributed by atoms with Gasteiger partial charge in [0.15, 0.2) is 6.61 Å². The SMILES string of the molecule is Cc1c(C#N)c(NC(=O)COc2ccccc2)n(Cc2ccco2)c1C. The van der Waals surface area contributed by atoms with Crippen LogP contribution in [0.15, 0.2) is 53.1 Å².